The summed E-state index contributed by atoms with van der Waals surface area (Å²) in [5.74, 6) is -0.551. The third-order valence-electron chi connectivity index (χ3n) is 12.6. The first-order chi connectivity index (χ1) is 28.1. The number of likely N-dealkylation sites (tertiary alicyclic amines) is 3. The molecule has 7 heterocycles. The molecule has 0 radical (unpaired) electrons. The molecule has 0 bridgehead atoms. The average Bonchev–Trinajstić information content (AvgIpc) is 3.94. The Balaban J connectivity index is 0.713. The van der Waals surface area contributed by atoms with E-state index >= 15 is 0 Å². The molecule has 9 rings (SSSR count). The number of rotatable bonds is 9. The molecular formula is C42H47ClN10O5. The lowest BCUT2D eigenvalue weighted by Gasteiger charge is -2.40. The molecule has 5 amide bonds. The van der Waals surface area contributed by atoms with E-state index in [2.05, 4.69) is 30.0 Å². The number of fused-ring (bicyclic) bond motifs is 2. The Morgan fingerprint density at radius 1 is 0.879 bits per heavy atom. The van der Waals surface area contributed by atoms with E-state index in [9.17, 15) is 24.0 Å². The minimum absolute atomic E-state index is 0.115. The number of H-pyrrole nitrogens is 1. The number of halogens is 1. The van der Waals surface area contributed by atoms with Crippen LogP contribution in [0.15, 0.2) is 54.9 Å². The molecule has 5 aliphatic heterocycles. The number of piperazine rings is 1. The number of nitrogens with one attached hydrogen (secondary N) is 2. The maximum Gasteiger partial charge on any atom is 0.262 e. The van der Waals surface area contributed by atoms with Crippen LogP contribution in [0.2, 0.25) is 5.02 Å². The molecule has 58 heavy (non-hydrogen) atoms. The zero-order valence-electron chi connectivity index (χ0n) is 32.5. The minimum Gasteiger partial charge on any atom is -0.369 e. The third kappa shape index (κ3) is 7.30. The summed E-state index contributed by atoms with van der Waals surface area (Å²) < 4.78 is 0. The summed E-state index contributed by atoms with van der Waals surface area (Å²) in [6.07, 6.45) is 6.68. The Morgan fingerprint density at radius 2 is 1.66 bits per heavy atom. The van der Waals surface area contributed by atoms with Gasteiger partial charge < -0.3 is 20.1 Å². The van der Waals surface area contributed by atoms with E-state index in [1.54, 1.807) is 18.3 Å². The highest BCUT2D eigenvalue weighted by atomic mass is 35.5. The minimum atomic E-state index is -0.961. The summed E-state index contributed by atoms with van der Waals surface area (Å²) in [7, 11) is 1.39. The van der Waals surface area contributed by atoms with Gasteiger partial charge in [0.2, 0.25) is 17.8 Å². The molecule has 4 fully saturated rings. The molecule has 5 aliphatic rings. The molecule has 4 aromatic rings. The van der Waals surface area contributed by atoms with Crippen LogP contribution in [-0.2, 0) is 14.4 Å². The maximum absolute atomic E-state index is 13.4. The molecular weight excluding hydrogens is 760 g/mol. The summed E-state index contributed by atoms with van der Waals surface area (Å²) in [6, 6.07) is 12.6. The Labute approximate surface area is 341 Å². The monoisotopic (exact) mass is 806 g/mol. The molecule has 302 valence electrons. The molecule has 0 spiro atoms. The second kappa shape index (κ2) is 15.8. The van der Waals surface area contributed by atoms with Gasteiger partial charge in [-0.05, 0) is 55.9 Å². The fourth-order valence-electron chi connectivity index (χ4n) is 9.24. The molecule has 0 aliphatic carbocycles. The van der Waals surface area contributed by atoms with E-state index in [1.165, 1.54) is 7.05 Å². The number of aromatic amines is 1. The number of aromatic nitrogens is 3. The number of hydrogen-bond donors (Lipinski definition) is 2. The van der Waals surface area contributed by atoms with Crippen molar-refractivity contribution in [2.24, 2.45) is 5.92 Å². The Morgan fingerprint density at radius 3 is 2.47 bits per heavy atom. The van der Waals surface area contributed by atoms with Gasteiger partial charge in [0.25, 0.3) is 17.7 Å². The lowest BCUT2D eigenvalue weighted by molar-refractivity contribution is -0.149. The first-order valence-electron chi connectivity index (χ1n) is 20.3. The van der Waals surface area contributed by atoms with Gasteiger partial charge in [0.1, 0.15) is 6.04 Å². The number of anilines is 2. The van der Waals surface area contributed by atoms with Crippen LogP contribution in [0.5, 0.6) is 0 Å². The van der Waals surface area contributed by atoms with Crippen molar-refractivity contribution in [1.29, 1.82) is 0 Å². The first kappa shape index (κ1) is 38.2. The topological polar surface area (TPSA) is 158 Å². The highest BCUT2D eigenvalue weighted by Crippen LogP contribution is 2.34. The summed E-state index contributed by atoms with van der Waals surface area (Å²) >= 11 is 6.54. The van der Waals surface area contributed by atoms with Crippen LogP contribution in [0.1, 0.15) is 52.8 Å². The van der Waals surface area contributed by atoms with Gasteiger partial charge >= 0.3 is 0 Å². The van der Waals surface area contributed by atoms with E-state index in [1.807, 2.05) is 41.4 Å². The van der Waals surface area contributed by atoms with Gasteiger partial charge in [-0.25, -0.2) is 9.97 Å². The van der Waals surface area contributed by atoms with Crippen LogP contribution in [0.4, 0.5) is 11.6 Å². The van der Waals surface area contributed by atoms with Crippen LogP contribution in [0, 0.1) is 5.92 Å². The zero-order chi connectivity index (χ0) is 40.1. The maximum atomic E-state index is 13.4. The number of carbonyl (C=O) groups excluding carboxylic acids is 5. The number of nitrogens with zero attached hydrogens (tertiary/aromatic N) is 8. The largest absolute Gasteiger partial charge is 0.369 e. The molecule has 2 aromatic heterocycles. The molecule has 4 saturated heterocycles. The SMILES string of the molecule is CN1C(=O)CCC(N2C(=O)c3ccc(N4CCN(CC5CCN(C(=O)CN6CC[C@@H](Nc7ncc(Cl)c(-c8c[nH]c9ccccc89)n7)C6)CC5)CC4)cc3C2=O)C1=O. The van der Waals surface area contributed by atoms with Crippen LogP contribution < -0.4 is 10.2 Å². The molecule has 0 saturated carbocycles. The van der Waals surface area contributed by atoms with Crippen molar-refractivity contribution in [2.45, 2.75) is 44.2 Å². The summed E-state index contributed by atoms with van der Waals surface area (Å²) in [4.78, 5) is 88.4. The highest BCUT2D eigenvalue weighted by Gasteiger charge is 2.46. The van der Waals surface area contributed by atoms with Crippen molar-refractivity contribution in [3.8, 4) is 11.3 Å². The van der Waals surface area contributed by atoms with Crippen LogP contribution in [-0.4, -0.2) is 154 Å². The quantitative estimate of drug-likeness (QED) is 0.239. The zero-order valence-corrected chi connectivity index (χ0v) is 33.3. The molecule has 15 nitrogen and oxygen atoms in total. The summed E-state index contributed by atoms with van der Waals surface area (Å²) in [5.41, 5.74) is 4.12. The van der Waals surface area contributed by atoms with Gasteiger partial charge in [0, 0.05) is 107 Å². The fourth-order valence-corrected chi connectivity index (χ4v) is 9.44. The normalized spacial score (nSPS) is 22.4. The third-order valence-corrected chi connectivity index (χ3v) is 12.9. The van der Waals surface area contributed by atoms with Crippen molar-refractivity contribution < 1.29 is 24.0 Å². The Kier molecular flexibility index (Phi) is 10.4. The second-order valence-corrected chi connectivity index (χ2v) is 16.6. The Bertz CT molecular complexity index is 2280. The van der Waals surface area contributed by atoms with E-state index < -0.39 is 23.8 Å². The Hall–Kier alpha value is -5.38. The van der Waals surface area contributed by atoms with E-state index in [-0.39, 0.29) is 30.7 Å². The van der Waals surface area contributed by atoms with Gasteiger partial charge in [0.15, 0.2) is 0 Å². The number of benzene rings is 2. The van der Waals surface area contributed by atoms with Crippen LogP contribution >= 0.6 is 11.6 Å². The van der Waals surface area contributed by atoms with Gasteiger partial charge in [-0.1, -0.05) is 29.8 Å². The van der Waals surface area contributed by atoms with E-state index in [0.29, 0.717) is 40.3 Å². The first-order valence-corrected chi connectivity index (χ1v) is 20.6. The van der Waals surface area contributed by atoms with Crippen molar-refractivity contribution >= 4 is 63.7 Å². The molecule has 2 atom stereocenters. The number of amides is 5. The predicted octanol–water partition coefficient (Wildman–Crippen LogP) is 3.57. The number of likely N-dealkylation sites (N-methyl/N-ethyl adjacent to an activating group) is 1. The van der Waals surface area contributed by atoms with E-state index in [4.69, 9.17) is 16.6 Å². The van der Waals surface area contributed by atoms with Crippen LogP contribution in [0.25, 0.3) is 22.2 Å². The smallest absolute Gasteiger partial charge is 0.262 e. The number of piperidine rings is 2. The number of imide groups is 2. The van der Waals surface area contributed by atoms with Gasteiger partial charge in [0.05, 0.1) is 34.6 Å². The molecule has 2 N–H and O–H groups in total. The lowest BCUT2D eigenvalue weighted by atomic mass is 9.95. The standard InChI is InChI=1S/C42H47ClN10O5/c1-48-36(54)9-8-35(41(48)58)53-39(56)30-7-6-28(20-31(30)40(53)57)51-18-16-49(17-19-51)23-26-10-14-52(15-11-26)37(55)25-50-13-12-27(24-50)46-42-45-22-33(43)38(47-42)32-21-44-34-5-3-2-4-29(32)34/h2-7,20-22,26-27,35,44H,8-19,23-25H2,1H3,(H,45,46,47)/t27-,35?/m1/s1. The second-order valence-electron chi connectivity index (χ2n) is 16.2. The van der Waals surface area contributed by atoms with Crippen LogP contribution in [0.3, 0.4) is 0 Å². The predicted molar refractivity (Wildman–Crippen MR) is 219 cm³/mol. The van der Waals surface area contributed by atoms with Crippen molar-refractivity contribution in [3.05, 3.63) is 71.0 Å². The number of hydrogen-bond acceptors (Lipinski definition) is 11. The summed E-state index contributed by atoms with van der Waals surface area (Å²) in [5, 5.41) is 5.02. The molecule has 1 unspecified atom stereocenters. The fraction of sp³-hybridized carbons (Fsp3) is 0.452. The van der Waals surface area contributed by atoms with Gasteiger partial charge in [-0.15, -0.1) is 0 Å². The van der Waals surface area contributed by atoms with E-state index in [0.717, 1.165) is 110 Å². The van der Waals surface area contributed by atoms with Crippen molar-refractivity contribution in [2.75, 3.05) is 82.7 Å². The van der Waals surface area contributed by atoms with Crippen molar-refractivity contribution in [3.63, 3.8) is 0 Å². The van der Waals surface area contributed by atoms with Gasteiger partial charge in [-0.2, -0.15) is 0 Å². The lowest BCUT2D eigenvalue weighted by Crippen LogP contribution is -2.54. The number of para-hydroxylation sites is 1. The highest BCUT2D eigenvalue weighted by molar-refractivity contribution is 6.33. The molecule has 2 aromatic carbocycles. The summed E-state index contributed by atoms with van der Waals surface area (Å²) in [6.45, 7) is 7.84. The average molecular weight is 807 g/mol. The number of carbonyl (C=O) groups is 5. The molecule has 16 heteroatoms. The van der Waals surface area contributed by atoms with Gasteiger partial charge in [-0.3, -0.25) is 43.6 Å². The van der Waals surface area contributed by atoms with Crippen molar-refractivity contribution in [1.82, 2.24) is 39.5 Å².